The molecular formula is C14H22N2O2S. The predicted octanol–water partition coefficient (Wildman–Crippen LogP) is 2.54. The molecule has 5 heteroatoms. The molecule has 2 rings (SSSR count). The highest BCUT2D eigenvalue weighted by molar-refractivity contribution is 7.89. The molecule has 0 aliphatic heterocycles. The normalized spacial score (nSPS) is 17.5. The predicted molar refractivity (Wildman–Crippen MR) is 77.7 cm³/mol. The fourth-order valence-corrected chi connectivity index (χ4v) is 3.17. The van der Waals surface area contributed by atoms with Crippen LogP contribution < -0.4 is 5.32 Å². The third-order valence-corrected chi connectivity index (χ3v) is 5.41. The fraction of sp³-hybridized carbons (Fsp3) is 0.571. The van der Waals surface area contributed by atoms with Gasteiger partial charge < -0.3 is 5.32 Å². The summed E-state index contributed by atoms with van der Waals surface area (Å²) in [5.74, 6) is 0.749. The molecule has 1 fully saturated rings. The molecule has 0 saturated heterocycles. The highest BCUT2D eigenvalue weighted by atomic mass is 32.2. The van der Waals surface area contributed by atoms with Crippen LogP contribution in [0.1, 0.15) is 26.2 Å². The Hall–Kier alpha value is -1.07. The maximum absolute atomic E-state index is 12.1. The van der Waals surface area contributed by atoms with E-state index >= 15 is 0 Å². The molecule has 4 nitrogen and oxygen atoms in total. The second-order valence-corrected chi connectivity index (χ2v) is 7.46. The Labute approximate surface area is 115 Å². The zero-order chi connectivity index (χ0) is 14.0. The summed E-state index contributed by atoms with van der Waals surface area (Å²) in [5, 5.41) is 3.46. The summed E-state index contributed by atoms with van der Waals surface area (Å²) in [7, 11) is -0.253. The number of hydrogen-bond acceptors (Lipinski definition) is 3. The van der Waals surface area contributed by atoms with Gasteiger partial charge in [-0.25, -0.2) is 12.7 Å². The van der Waals surface area contributed by atoms with Gasteiger partial charge in [-0.15, -0.1) is 0 Å². The van der Waals surface area contributed by atoms with Crippen LogP contribution in [0.3, 0.4) is 0 Å². The standard InChI is InChI=1S/C14H22N2O2S/c1-4-14(11-8-9-11)15-12-6-5-7-13(10-12)19(17,18)16(2)3/h5-7,10-11,14-15H,4,8-9H2,1-3H3. The van der Waals surface area contributed by atoms with Gasteiger partial charge in [0.25, 0.3) is 0 Å². The van der Waals surface area contributed by atoms with Crippen molar-refractivity contribution in [1.82, 2.24) is 4.31 Å². The van der Waals surface area contributed by atoms with Gasteiger partial charge in [-0.1, -0.05) is 13.0 Å². The Balaban J connectivity index is 2.19. The van der Waals surface area contributed by atoms with E-state index in [4.69, 9.17) is 0 Å². The van der Waals surface area contributed by atoms with E-state index in [9.17, 15) is 8.42 Å². The zero-order valence-corrected chi connectivity index (χ0v) is 12.6. The summed E-state index contributed by atoms with van der Waals surface area (Å²) in [5.41, 5.74) is 0.890. The lowest BCUT2D eigenvalue weighted by atomic mass is 10.1. The third-order valence-electron chi connectivity index (χ3n) is 3.60. The number of hydrogen-bond donors (Lipinski definition) is 1. The van der Waals surface area contributed by atoms with Crippen LogP contribution in [-0.2, 0) is 10.0 Å². The average Bonchev–Trinajstić information content (AvgIpc) is 3.20. The van der Waals surface area contributed by atoms with Crippen LogP contribution in [0.2, 0.25) is 0 Å². The first kappa shape index (κ1) is 14.3. The maximum atomic E-state index is 12.1. The molecule has 0 spiro atoms. The molecule has 1 unspecified atom stereocenters. The van der Waals surface area contributed by atoms with Gasteiger partial charge in [0.2, 0.25) is 10.0 Å². The van der Waals surface area contributed by atoms with Gasteiger partial charge in [0.15, 0.2) is 0 Å². The van der Waals surface area contributed by atoms with Crippen LogP contribution in [0.15, 0.2) is 29.2 Å². The lowest BCUT2D eigenvalue weighted by Gasteiger charge is -2.19. The van der Waals surface area contributed by atoms with E-state index < -0.39 is 10.0 Å². The topological polar surface area (TPSA) is 49.4 Å². The van der Waals surface area contributed by atoms with Crippen molar-refractivity contribution in [3.63, 3.8) is 0 Å². The molecule has 1 aromatic carbocycles. The molecule has 106 valence electrons. The van der Waals surface area contributed by atoms with Crippen molar-refractivity contribution in [3.8, 4) is 0 Å². The van der Waals surface area contributed by atoms with Gasteiger partial charge in [-0.3, -0.25) is 0 Å². The van der Waals surface area contributed by atoms with Crippen molar-refractivity contribution in [2.75, 3.05) is 19.4 Å². The van der Waals surface area contributed by atoms with Crippen LogP contribution >= 0.6 is 0 Å². The first-order valence-corrected chi connectivity index (χ1v) is 8.18. The Kier molecular flexibility index (Phi) is 4.16. The van der Waals surface area contributed by atoms with Crippen LogP contribution in [0.25, 0.3) is 0 Å². The fourth-order valence-electron chi connectivity index (χ4n) is 2.22. The number of nitrogens with zero attached hydrogens (tertiary/aromatic N) is 1. The summed E-state index contributed by atoms with van der Waals surface area (Å²) in [6.45, 7) is 2.16. The SMILES string of the molecule is CCC(Nc1cccc(S(=O)(=O)N(C)C)c1)C1CC1. The van der Waals surface area contributed by atoms with Crippen LogP contribution in [0.4, 0.5) is 5.69 Å². The monoisotopic (exact) mass is 282 g/mol. The van der Waals surface area contributed by atoms with Crippen molar-refractivity contribution in [1.29, 1.82) is 0 Å². The number of sulfonamides is 1. The minimum atomic E-state index is -3.35. The molecule has 1 N–H and O–H groups in total. The quantitative estimate of drug-likeness (QED) is 0.872. The smallest absolute Gasteiger partial charge is 0.242 e. The molecule has 0 amide bonds. The molecule has 1 atom stereocenters. The lowest BCUT2D eigenvalue weighted by Crippen LogP contribution is -2.23. The number of anilines is 1. The van der Waals surface area contributed by atoms with Gasteiger partial charge in [-0.05, 0) is 43.4 Å². The van der Waals surface area contributed by atoms with E-state index in [1.165, 1.54) is 17.1 Å². The molecule has 19 heavy (non-hydrogen) atoms. The van der Waals surface area contributed by atoms with Gasteiger partial charge in [0.1, 0.15) is 0 Å². The second-order valence-electron chi connectivity index (χ2n) is 5.31. The summed E-state index contributed by atoms with van der Waals surface area (Å²) in [6, 6.07) is 7.54. The van der Waals surface area contributed by atoms with E-state index in [1.54, 1.807) is 32.3 Å². The largest absolute Gasteiger partial charge is 0.382 e. The van der Waals surface area contributed by atoms with Gasteiger partial charge in [-0.2, -0.15) is 0 Å². The number of nitrogens with one attached hydrogen (secondary N) is 1. The van der Waals surface area contributed by atoms with Crippen molar-refractivity contribution in [2.45, 2.75) is 37.1 Å². The van der Waals surface area contributed by atoms with Gasteiger partial charge in [0.05, 0.1) is 4.90 Å². The van der Waals surface area contributed by atoms with Crippen LogP contribution in [-0.4, -0.2) is 32.9 Å². The summed E-state index contributed by atoms with van der Waals surface area (Å²) >= 11 is 0. The van der Waals surface area contributed by atoms with Crippen molar-refractivity contribution >= 4 is 15.7 Å². The van der Waals surface area contributed by atoms with E-state index in [2.05, 4.69) is 12.2 Å². The van der Waals surface area contributed by atoms with E-state index in [0.717, 1.165) is 18.0 Å². The Morgan fingerprint density at radius 3 is 2.58 bits per heavy atom. The van der Waals surface area contributed by atoms with Crippen molar-refractivity contribution in [3.05, 3.63) is 24.3 Å². The highest BCUT2D eigenvalue weighted by Crippen LogP contribution is 2.35. The first-order valence-electron chi connectivity index (χ1n) is 6.74. The minimum absolute atomic E-state index is 0.341. The van der Waals surface area contributed by atoms with E-state index in [-0.39, 0.29) is 0 Å². The first-order chi connectivity index (χ1) is 8.95. The molecular weight excluding hydrogens is 260 g/mol. The van der Waals surface area contributed by atoms with E-state index in [0.29, 0.717) is 10.9 Å². The third kappa shape index (κ3) is 3.28. The van der Waals surface area contributed by atoms with Gasteiger partial charge >= 0.3 is 0 Å². The molecule has 0 radical (unpaired) electrons. The Morgan fingerprint density at radius 1 is 1.37 bits per heavy atom. The van der Waals surface area contributed by atoms with Crippen molar-refractivity contribution < 1.29 is 8.42 Å². The Morgan fingerprint density at radius 2 is 2.05 bits per heavy atom. The van der Waals surface area contributed by atoms with E-state index in [1.807, 2.05) is 6.07 Å². The molecule has 0 aromatic heterocycles. The number of rotatable bonds is 6. The molecule has 1 aromatic rings. The van der Waals surface area contributed by atoms with Crippen LogP contribution in [0, 0.1) is 5.92 Å². The second kappa shape index (κ2) is 5.51. The molecule has 1 aliphatic rings. The summed E-state index contributed by atoms with van der Waals surface area (Å²) < 4.78 is 25.4. The average molecular weight is 282 g/mol. The Bertz CT molecular complexity index is 536. The summed E-state index contributed by atoms with van der Waals surface area (Å²) in [4.78, 5) is 0.341. The minimum Gasteiger partial charge on any atom is -0.382 e. The van der Waals surface area contributed by atoms with Crippen LogP contribution in [0.5, 0.6) is 0 Å². The molecule has 1 aliphatic carbocycles. The molecule has 0 bridgehead atoms. The summed E-state index contributed by atoms with van der Waals surface area (Å²) in [6.07, 6.45) is 3.62. The van der Waals surface area contributed by atoms with Crippen molar-refractivity contribution in [2.24, 2.45) is 5.92 Å². The maximum Gasteiger partial charge on any atom is 0.242 e. The zero-order valence-electron chi connectivity index (χ0n) is 11.8. The van der Waals surface area contributed by atoms with Gasteiger partial charge in [0, 0.05) is 25.8 Å². The lowest BCUT2D eigenvalue weighted by molar-refractivity contribution is 0.520. The molecule has 1 saturated carbocycles. The highest BCUT2D eigenvalue weighted by Gasteiger charge is 2.30. The number of benzene rings is 1. The molecule has 0 heterocycles.